The van der Waals surface area contributed by atoms with Gasteiger partial charge >= 0.3 is 0 Å². The Morgan fingerprint density at radius 2 is 1.63 bits per heavy atom. The van der Waals surface area contributed by atoms with Crippen molar-refractivity contribution < 1.29 is 0 Å². The molecule has 0 aliphatic rings. The number of anilines is 1. The second-order valence-electron chi connectivity index (χ2n) is 5.13. The lowest BCUT2D eigenvalue weighted by Crippen LogP contribution is -2.27. The predicted octanol–water partition coefficient (Wildman–Crippen LogP) is 4.95. The molecule has 0 aliphatic heterocycles. The molecule has 0 radical (unpaired) electrons. The maximum absolute atomic E-state index is 5.83. The lowest BCUT2D eigenvalue weighted by molar-refractivity contribution is 0.522. The summed E-state index contributed by atoms with van der Waals surface area (Å²) in [6.45, 7) is 6.26. The predicted molar refractivity (Wildman–Crippen MR) is 87.9 cm³/mol. The van der Waals surface area contributed by atoms with Crippen molar-refractivity contribution in [1.82, 2.24) is 0 Å². The van der Waals surface area contributed by atoms with Crippen molar-refractivity contribution >= 4 is 28.9 Å². The van der Waals surface area contributed by atoms with Crippen LogP contribution in [0.4, 0.5) is 5.69 Å². The minimum Gasteiger partial charge on any atom is -0.369 e. The fraction of sp³-hybridized carbons (Fsp3) is 0.625. The molecule has 1 nitrogen and oxygen atoms in total. The van der Waals surface area contributed by atoms with Crippen LogP contribution >= 0.6 is 23.2 Å². The highest BCUT2D eigenvalue weighted by Gasteiger charge is 2.06. The number of hydrogen-bond acceptors (Lipinski definition) is 1. The number of alkyl halides is 2. The minimum atomic E-state index is 0.631. The first-order valence-electron chi connectivity index (χ1n) is 7.17. The number of nitrogens with zero attached hydrogens (tertiary/aromatic N) is 1. The van der Waals surface area contributed by atoms with Crippen molar-refractivity contribution in [2.24, 2.45) is 5.92 Å². The SMILES string of the molecule is CCCC(C)Cc1ccc(N(CCCl)CCCl)cc1. The van der Waals surface area contributed by atoms with Crippen molar-refractivity contribution in [2.75, 3.05) is 29.7 Å². The van der Waals surface area contributed by atoms with Crippen LogP contribution in [0.15, 0.2) is 24.3 Å². The third kappa shape index (κ3) is 6.05. The molecule has 1 aromatic rings. The van der Waals surface area contributed by atoms with Gasteiger partial charge in [0.25, 0.3) is 0 Å². The first kappa shape index (κ1) is 16.7. The molecular formula is C16H25Cl2N. The van der Waals surface area contributed by atoms with Gasteiger partial charge in [-0.15, -0.1) is 23.2 Å². The van der Waals surface area contributed by atoms with Crippen LogP contribution in [0.2, 0.25) is 0 Å². The van der Waals surface area contributed by atoms with E-state index in [1.54, 1.807) is 0 Å². The van der Waals surface area contributed by atoms with E-state index in [1.807, 2.05) is 0 Å². The van der Waals surface area contributed by atoms with Crippen LogP contribution in [0.1, 0.15) is 32.3 Å². The average Bonchev–Trinajstić information content (AvgIpc) is 2.40. The summed E-state index contributed by atoms with van der Waals surface area (Å²) in [6, 6.07) is 8.84. The van der Waals surface area contributed by atoms with Gasteiger partial charge in [-0.05, 0) is 30.0 Å². The molecule has 108 valence electrons. The summed E-state index contributed by atoms with van der Waals surface area (Å²) >= 11 is 11.7. The first-order valence-corrected chi connectivity index (χ1v) is 8.24. The van der Waals surface area contributed by atoms with Crippen LogP contribution in [-0.2, 0) is 6.42 Å². The quantitative estimate of drug-likeness (QED) is 0.583. The highest BCUT2D eigenvalue weighted by molar-refractivity contribution is 6.18. The molecule has 0 bridgehead atoms. The van der Waals surface area contributed by atoms with Gasteiger partial charge < -0.3 is 4.90 Å². The highest BCUT2D eigenvalue weighted by Crippen LogP contribution is 2.19. The molecule has 0 saturated carbocycles. The molecule has 0 aromatic heterocycles. The summed E-state index contributed by atoms with van der Waals surface area (Å²) in [5, 5.41) is 0. The third-order valence-corrected chi connectivity index (χ3v) is 3.71. The van der Waals surface area contributed by atoms with Gasteiger partial charge in [0.15, 0.2) is 0 Å². The van der Waals surface area contributed by atoms with E-state index >= 15 is 0 Å². The van der Waals surface area contributed by atoms with Gasteiger partial charge in [-0.25, -0.2) is 0 Å². The molecule has 0 amide bonds. The van der Waals surface area contributed by atoms with E-state index in [2.05, 4.69) is 43.0 Å². The Hall–Kier alpha value is -0.400. The van der Waals surface area contributed by atoms with E-state index in [0.717, 1.165) is 19.0 Å². The summed E-state index contributed by atoms with van der Waals surface area (Å²) in [5.74, 6) is 2.02. The molecule has 0 spiro atoms. The summed E-state index contributed by atoms with van der Waals surface area (Å²) in [5.41, 5.74) is 2.63. The summed E-state index contributed by atoms with van der Waals surface area (Å²) in [6.07, 6.45) is 3.73. The Bertz CT molecular complexity index is 331. The van der Waals surface area contributed by atoms with Crippen LogP contribution in [0.25, 0.3) is 0 Å². The smallest absolute Gasteiger partial charge is 0.0399 e. The minimum absolute atomic E-state index is 0.631. The van der Waals surface area contributed by atoms with E-state index in [-0.39, 0.29) is 0 Å². The fourth-order valence-corrected chi connectivity index (χ4v) is 2.82. The number of benzene rings is 1. The van der Waals surface area contributed by atoms with Crippen LogP contribution in [0.5, 0.6) is 0 Å². The van der Waals surface area contributed by atoms with Crippen LogP contribution in [0, 0.1) is 5.92 Å². The van der Waals surface area contributed by atoms with Gasteiger partial charge in [-0.1, -0.05) is 38.8 Å². The molecule has 0 saturated heterocycles. The molecule has 0 N–H and O–H groups in total. The standard InChI is InChI=1S/C16H25Cl2N/c1-3-4-14(2)13-15-5-7-16(8-6-15)19(11-9-17)12-10-18/h5-8,14H,3-4,9-13H2,1-2H3. The zero-order valence-electron chi connectivity index (χ0n) is 12.0. The Morgan fingerprint density at radius 3 is 2.11 bits per heavy atom. The lowest BCUT2D eigenvalue weighted by Gasteiger charge is -2.23. The van der Waals surface area contributed by atoms with Crippen molar-refractivity contribution in [1.29, 1.82) is 0 Å². The van der Waals surface area contributed by atoms with Gasteiger partial charge in [0.1, 0.15) is 0 Å². The zero-order valence-corrected chi connectivity index (χ0v) is 13.6. The largest absolute Gasteiger partial charge is 0.369 e. The molecule has 1 unspecified atom stereocenters. The number of hydrogen-bond donors (Lipinski definition) is 0. The van der Waals surface area contributed by atoms with Gasteiger partial charge in [0.2, 0.25) is 0 Å². The van der Waals surface area contributed by atoms with E-state index in [1.165, 1.54) is 30.5 Å². The molecule has 1 atom stereocenters. The molecule has 19 heavy (non-hydrogen) atoms. The van der Waals surface area contributed by atoms with Crippen LogP contribution in [-0.4, -0.2) is 24.8 Å². The van der Waals surface area contributed by atoms with Gasteiger partial charge in [0, 0.05) is 30.5 Å². The topological polar surface area (TPSA) is 3.24 Å². The second kappa shape index (κ2) is 9.50. The van der Waals surface area contributed by atoms with Crippen molar-refractivity contribution in [3.05, 3.63) is 29.8 Å². The molecule has 0 aliphatic carbocycles. The molecule has 1 rings (SSSR count). The van der Waals surface area contributed by atoms with E-state index < -0.39 is 0 Å². The Labute approximate surface area is 127 Å². The van der Waals surface area contributed by atoms with E-state index in [0.29, 0.717) is 11.8 Å². The van der Waals surface area contributed by atoms with E-state index in [9.17, 15) is 0 Å². The maximum atomic E-state index is 5.83. The van der Waals surface area contributed by atoms with Crippen LogP contribution in [0.3, 0.4) is 0 Å². The van der Waals surface area contributed by atoms with Crippen LogP contribution < -0.4 is 4.90 Å². The maximum Gasteiger partial charge on any atom is 0.0399 e. The second-order valence-corrected chi connectivity index (χ2v) is 5.89. The van der Waals surface area contributed by atoms with Gasteiger partial charge in [-0.2, -0.15) is 0 Å². The van der Waals surface area contributed by atoms with E-state index in [4.69, 9.17) is 23.2 Å². The number of halogens is 2. The summed E-state index contributed by atoms with van der Waals surface area (Å²) in [7, 11) is 0. The molecule has 0 fully saturated rings. The molecule has 0 heterocycles. The highest BCUT2D eigenvalue weighted by atomic mass is 35.5. The fourth-order valence-electron chi connectivity index (χ4n) is 2.41. The zero-order chi connectivity index (χ0) is 14.1. The first-order chi connectivity index (χ1) is 9.21. The monoisotopic (exact) mass is 301 g/mol. The van der Waals surface area contributed by atoms with Crippen molar-refractivity contribution in [3.63, 3.8) is 0 Å². The molecular weight excluding hydrogens is 277 g/mol. The van der Waals surface area contributed by atoms with Gasteiger partial charge in [0.05, 0.1) is 0 Å². The summed E-state index contributed by atoms with van der Waals surface area (Å²) in [4.78, 5) is 2.24. The summed E-state index contributed by atoms with van der Waals surface area (Å²) < 4.78 is 0. The lowest BCUT2D eigenvalue weighted by atomic mass is 9.97. The van der Waals surface area contributed by atoms with Gasteiger partial charge in [-0.3, -0.25) is 0 Å². The average molecular weight is 302 g/mol. The molecule has 1 aromatic carbocycles. The third-order valence-electron chi connectivity index (χ3n) is 3.38. The van der Waals surface area contributed by atoms with Crippen molar-refractivity contribution in [2.45, 2.75) is 33.1 Å². The molecule has 3 heteroatoms. The number of rotatable bonds is 9. The normalized spacial score (nSPS) is 12.4. The Balaban J connectivity index is 2.63. The Kier molecular flexibility index (Phi) is 8.32. The van der Waals surface area contributed by atoms with Crippen molar-refractivity contribution in [3.8, 4) is 0 Å². The Morgan fingerprint density at radius 1 is 1.05 bits per heavy atom.